The van der Waals surface area contributed by atoms with Crippen LogP contribution in [0.4, 0.5) is 4.39 Å². The zero-order valence-electron chi connectivity index (χ0n) is 25.6. The van der Waals surface area contributed by atoms with E-state index in [-0.39, 0.29) is 48.5 Å². The van der Waals surface area contributed by atoms with Crippen LogP contribution in [-0.4, -0.2) is 98.1 Å². The number of nitrogens with zero attached hydrogens (tertiary/aromatic N) is 2. The highest BCUT2D eigenvalue weighted by atomic mass is 19.1. The first-order valence-electron chi connectivity index (χ1n) is 15.9. The lowest BCUT2D eigenvalue weighted by atomic mass is 9.63. The molecular weight excluding hydrogens is 555 g/mol. The summed E-state index contributed by atoms with van der Waals surface area (Å²) in [7, 11) is 0. The van der Waals surface area contributed by atoms with Crippen molar-refractivity contribution in [3.05, 3.63) is 35.6 Å². The van der Waals surface area contributed by atoms with Gasteiger partial charge in [0, 0.05) is 39.1 Å². The summed E-state index contributed by atoms with van der Waals surface area (Å²) in [6.45, 7) is 6.49. The Balaban J connectivity index is 1.46. The molecule has 2 saturated heterocycles. The van der Waals surface area contributed by atoms with Gasteiger partial charge in [0.05, 0.1) is 31.2 Å². The third-order valence-corrected chi connectivity index (χ3v) is 9.24. The number of piperazine rings is 1. The van der Waals surface area contributed by atoms with E-state index in [1.807, 2.05) is 11.8 Å². The number of hydrogen-bond acceptors (Lipinski definition) is 8. The van der Waals surface area contributed by atoms with Crippen LogP contribution in [0.2, 0.25) is 0 Å². The predicted octanol–water partition coefficient (Wildman–Crippen LogP) is 2.44. The highest BCUT2D eigenvalue weighted by Gasteiger charge is 2.49. The van der Waals surface area contributed by atoms with Crippen molar-refractivity contribution < 1.29 is 33.0 Å². The molecule has 0 aromatic heterocycles. The zero-order chi connectivity index (χ0) is 30.8. The first-order valence-corrected chi connectivity index (χ1v) is 15.9. The minimum absolute atomic E-state index is 0.0915. The van der Waals surface area contributed by atoms with Gasteiger partial charge < -0.3 is 25.0 Å². The Morgan fingerprint density at radius 3 is 2.33 bits per heavy atom. The first kappa shape index (κ1) is 32.9. The number of amides is 2. The number of rotatable bonds is 11. The number of benzene rings is 1. The standard InChI is InChI=1S/C32H47FN4O6/c1-3-42-28(38)22-36-19-16-34-27(21-36)29(39)35-26(20-23-10-12-25(33)13-11-23)30(40)37-17-14-32(15-18-37,31(41)43-4-2)24-8-6-5-7-9-24/h10-13,24,26-27,34H,3-9,14-22H2,1-2H3,(H,35,39)/t26-,27+/m1/s1. The summed E-state index contributed by atoms with van der Waals surface area (Å²) in [6.07, 6.45) is 6.65. The monoisotopic (exact) mass is 602 g/mol. The molecule has 3 fully saturated rings. The van der Waals surface area contributed by atoms with Crippen molar-refractivity contribution in [1.82, 2.24) is 20.4 Å². The zero-order valence-corrected chi connectivity index (χ0v) is 25.6. The molecule has 4 rings (SSSR count). The smallest absolute Gasteiger partial charge is 0.320 e. The van der Waals surface area contributed by atoms with Gasteiger partial charge in [0.15, 0.2) is 0 Å². The van der Waals surface area contributed by atoms with Crippen molar-refractivity contribution >= 4 is 23.8 Å². The molecule has 10 nitrogen and oxygen atoms in total. The van der Waals surface area contributed by atoms with E-state index in [2.05, 4.69) is 10.6 Å². The highest BCUT2D eigenvalue weighted by Crippen LogP contribution is 2.47. The molecule has 1 saturated carbocycles. The van der Waals surface area contributed by atoms with Gasteiger partial charge in [-0.2, -0.15) is 0 Å². The molecule has 11 heteroatoms. The number of hydrogen-bond donors (Lipinski definition) is 2. The number of likely N-dealkylation sites (tertiary alicyclic amines) is 1. The molecule has 1 aromatic rings. The molecule has 2 N–H and O–H groups in total. The molecule has 0 spiro atoms. The lowest BCUT2D eigenvalue weighted by molar-refractivity contribution is -0.166. The molecule has 43 heavy (non-hydrogen) atoms. The van der Waals surface area contributed by atoms with Crippen molar-refractivity contribution in [3.8, 4) is 0 Å². The van der Waals surface area contributed by atoms with E-state index < -0.39 is 17.5 Å². The van der Waals surface area contributed by atoms with E-state index in [0.29, 0.717) is 58.8 Å². The summed E-state index contributed by atoms with van der Waals surface area (Å²) in [5.74, 6) is -1.18. The molecule has 238 valence electrons. The van der Waals surface area contributed by atoms with Crippen LogP contribution in [0, 0.1) is 17.2 Å². The molecule has 2 heterocycles. The van der Waals surface area contributed by atoms with Crippen molar-refractivity contribution in [1.29, 1.82) is 0 Å². The Morgan fingerprint density at radius 1 is 1.00 bits per heavy atom. The van der Waals surface area contributed by atoms with Crippen LogP contribution < -0.4 is 10.6 Å². The molecule has 1 aromatic carbocycles. The first-order chi connectivity index (χ1) is 20.8. The molecule has 0 bridgehead atoms. The largest absolute Gasteiger partial charge is 0.466 e. The van der Waals surface area contributed by atoms with Crippen LogP contribution in [0.3, 0.4) is 0 Å². The molecular formula is C32H47FN4O6. The van der Waals surface area contributed by atoms with Crippen molar-refractivity contribution in [2.75, 3.05) is 52.5 Å². The minimum atomic E-state index is -0.870. The van der Waals surface area contributed by atoms with Crippen LogP contribution in [0.15, 0.2) is 24.3 Å². The lowest BCUT2D eigenvalue weighted by Gasteiger charge is -2.46. The third-order valence-electron chi connectivity index (χ3n) is 9.24. The second-order valence-corrected chi connectivity index (χ2v) is 12.0. The molecule has 0 radical (unpaired) electrons. The van der Waals surface area contributed by atoms with Crippen LogP contribution in [0.1, 0.15) is 64.4 Å². The number of carbonyl (C=O) groups is 4. The van der Waals surface area contributed by atoms with E-state index in [0.717, 1.165) is 31.2 Å². The van der Waals surface area contributed by atoms with Crippen molar-refractivity contribution in [3.63, 3.8) is 0 Å². The van der Waals surface area contributed by atoms with Gasteiger partial charge in [-0.05, 0) is 63.1 Å². The average Bonchev–Trinajstić information content (AvgIpc) is 3.02. The van der Waals surface area contributed by atoms with E-state index in [4.69, 9.17) is 9.47 Å². The van der Waals surface area contributed by atoms with E-state index in [1.54, 1.807) is 24.0 Å². The normalized spacial score (nSPS) is 21.9. The molecule has 1 aliphatic carbocycles. The Kier molecular flexibility index (Phi) is 11.9. The number of carbonyl (C=O) groups excluding carboxylic acids is 4. The number of ether oxygens (including phenoxy) is 2. The summed E-state index contributed by atoms with van der Waals surface area (Å²) < 4.78 is 24.2. The minimum Gasteiger partial charge on any atom is -0.466 e. The van der Waals surface area contributed by atoms with E-state index in [1.165, 1.54) is 18.6 Å². The Labute approximate surface area is 254 Å². The van der Waals surface area contributed by atoms with Crippen LogP contribution >= 0.6 is 0 Å². The molecule has 2 atom stereocenters. The fourth-order valence-corrected chi connectivity index (χ4v) is 6.90. The van der Waals surface area contributed by atoms with E-state index >= 15 is 0 Å². The maximum atomic E-state index is 14.0. The Bertz CT molecular complexity index is 1100. The van der Waals surface area contributed by atoms with Gasteiger partial charge in [-0.3, -0.25) is 24.1 Å². The van der Waals surface area contributed by atoms with Gasteiger partial charge in [-0.25, -0.2) is 4.39 Å². The summed E-state index contributed by atoms with van der Waals surface area (Å²) >= 11 is 0. The molecule has 0 unspecified atom stereocenters. The fourth-order valence-electron chi connectivity index (χ4n) is 6.90. The lowest BCUT2D eigenvalue weighted by Crippen LogP contribution is -2.61. The van der Waals surface area contributed by atoms with Crippen molar-refractivity contribution in [2.45, 2.75) is 77.3 Å². The van der Waals surface area contributed by atoms with Crippen LogP contribution in [-0.2, 0) is 35.1 Å². The second-order valence-electron chi connectivity index (χ2n) is 12.0. The average molecular weight is 603 g/mol. The Morgan fingerprint density at radius 2 is 1.67 bits per heavy atom. The maximum Gasteiger partial charge on any atom is 0.320 e. The number of halogens is 1. The van der Waals surface area contributed by atoms with Crippen LogP contribution in [0.5, 0.6) is 0 Å². The molecule has 2 amide bonds. The quantitative estimate of drug-likeness (QED) is 0.371. The Hall–Kier alpha value is -3.05. The topological polar surface area (TPSA) is 117 Å². The summed E-state index contributed by atoms with van der Waals surface area (Å²) in [5.41, 5.74) is 0.137. The fraction of sp³-hybridized carbons (Fsp3) is 0.688. The number of piperidine rings is 1. The molecule has 2 aliphatic heterocycles. The maximum absolute atomic E-state index is 14.0. The van der Waals surface area contributed by atoms with Gasteiger partial charge in [-0.1, -0.05) is 31.4 Å². The highest BCUT2D eigenvalue weighted by molar-refractivity contribution is 5.90. The predicted molar refractivity (Wildman–Crippen MR) is 158 cm³/mol. The number of esters is 2. The SMILES string of the molecule is CCOC(=O)CN1CCN[C@H](C(=O)N[C@H](Cc2ccc(F)cc2)C(=O)N2CCC(C(=O)OCC)(C3CCCCC3)CC2)C1. The van der Waals surface area contributed by atoms with Gasteiger partial charge in [-0.15, -0.1) is 0 Å². The van der Waals surface area contributed by atoms with Crippen molar-refractivity contribution in [2.24, 2.45) is 11.3 Å². The van der Waals surface area contributed by atoms with E-state index in [9.17, 15) is 23.6 Å². The summed E-state index contributed by atoms with van der Waals surface area (Å²) in [4.78, 5) is 56.3. The van der Waals surface area contributed by atoms with Gasteiger partial charge >= 0.3 is 11.9 Å². The summed E-state index contributed by atoms with van der Waals surface area (Å²) in [6, 6.07) is 4.43. The van der Waals surface area contributed by atoms with Gasteiger partial charge in [0.2, 0.25) is 11.8 Å². The third kappa shape index (κ3) is 8.53. The second kappa shape index (κ2) is 15.6. The van der Waals surface area contributed by atoms with Gasteiger partial charge in [0.25, 0.3) is 0 Å². The number of nitrogens with one attached hydrogen (secondary N) is 2. The van der Waals surface area contributed by atoms with Gasteiger partial charge in [0.1, 0.15) is 11.9 Å². The summed E-state index contributed by atoms with van der Waals surface area (Å²) in [5, 5.41) is 6.14. The molecule has 3 aliphatic rings. The van der Waals surface area contributed by atoms with Crippen LogP contribution in [0.25, 0.3) is 0 Å².